The van der Waals surface area contributed by atoms with Gasteiger partial charge in [0.1, 0.15) is 0 Å². The molecule has 2 aromatic rings. The summed E-state index contributed by atoms with van der Waals surface area (Å²) in [4.78, 5) is 26.8. The van der Waals surface area contributed by atoms with Crippen molar-refractivity contribution >= 4 is 17.5 Å². The fourth-order valence-corrected chi connectivity index (χ4v) is 3.55. The Labute approximate surface area is 167 Å². The highest BCUT2D eigenvalue weighted by Gasteiger charge is 2.24. The van der Waals surface area contributed by atoms with Crippen molar-refractivity contribution in [2.24, 2.45) is 5.92 Å². The fraction of sp³-hybridized carbons (Fsp3) is 0.417. The van der Waals surface area contributed by atoms with Crippen LogP contribution in [0.15, 0.2) is 42.5 Å². The van der Waals surface area contributed by atoms with E-state index in [-0.39, 0.29) is 17.7 Å². The van der Waals surface area contributed by atoms with Crippen molar-refractivity contribution in [1.82, 2.24) is 4.90 Å². The summed E-state index contributed by atoms with van der Waals surface area (Å²) in [6.07, 6.45) is 2.92. The summed E-state index contributed by atoms with van der Waals surface area (Å²) >= 11 is 0. The Kier molecular flexibility index (Phi) is 6.50. The fourth-order valence-electron chi connectivity index (χ4n) is 3.55. The molecule has 0 unspecified atom stereocenters. The van der Waals surface area contributed by atoms with Crippen molar-refractivity contribution < 1.29 is 9.59 Å². The summed E-state index contributed by atoms with van der Waals surface area (Å²) < 4.78 is 0. The third kappa shape index (κ3) is 5.00. The van der Waals surface area contributed by atoms with Crippen LogP contribution in [0.5, 0.6) is 0 Å². The maximum atomic E-state index is 12.5. The normalized spacial score (nSPS) is 14.3. The van der Waals surface area contributed by atoms with Crippen molar-refractivity contribution in [2.45, 2.75) is 53.0 Å². The van der Waals surface area contributed by atoms with E-state index < -0.39 is 0 Å². The van der Waals surface area contributed by atoms with Crippen LogP contribution in [-0.4, -0.2) is 23.3 Å². The van der Waals surface area contributed by atoms with Gasteiger partial charge < -0.3 is 10.2 Å². The standard InChI is InChI=1S/C24H30N2O2/c1-4-18(3)24(28)26-14-13-20-10-11-22(15-21(20)16-26)25-23(27)12-9-19-7-5-17(2)6-8-19/h5-8,10-11,15,18H,4,9,12-14,16H2,1-3H3,(H,25,27)/t18-/m1/s1. The molecule has 0 saturated carbocycles. The molecule has 148 valence electrons. The number of rotatable bonds is 6. The number of anilines is 1. The summed E-state index contributed by atoms with van der Waals surface area (Å²) in [5.41, 5.74) is 5.61. The van der Waals surface area contributed by atoms with Gasteiger partial charge in [-0.15, -0.1) is 0 Å². The molecule has 1 N–H and O–H groups in total. The first-order valence-corrected chi connectivity index (χ1v) is 10.2. The zero-order valence-electron chi connectivity index (χ0n) is 17.1. The number of aryl methyl sites for hydroxylation is 2. The molecule has 0 fully saturated rings. The second-order valence-corrected chi connectivity index (χ2v) is 7.84. The molecular weight excluding hydrogens is 348 g/mol. The second kappa shape index (κ2) is 9.05. The summed E-state index contributed by atoms with van der Waals surface area (Å²) in [6.45, 7) is 7.50. The van der Waals surface area contributed by atoms with Crippen LogP contribution in [0.1, 0.15) is 48.9 Å². The van der Waals surface area contributed by atoms with E-state index in [1.165, 1.54) is 16.7 Å². The minimum atomic E-state index is 0.0175. The molecule has 2 amide bonds. The zero-order valence-corrected chi connectivity index (χ0v) is 17.1. The maximum Gasteiger partial charge on any atom is 0.225 e. The van der Waals surface area contributed by atoms with Gasteiger partial charge in [-0.3, -0.25) is 9.59 Å². The number of amides is 2. The highest BCUT2D eigenvalue weighted by Crippen LogP contribution is 2.24. The first kappa shape index (κ1) is 20.1. The molecule has 0 radical (unpaired) electrons. The van der Waals surface area contributed by atoms with Crippen LogP contribution >= 0.6 is 0 Å². The number of carbonyl (C=O) groups is 2. The monoisotopic (exact) mass is 378 g/mol. The molecule has 1 aliphatic rings. The van der Waals surface area contributed by atoms with Gasteiger partial charge in [-0.05, 0) is 55.0 Å². The van der Waals surface area contributed by atoms with Gasteiger partial charge in [-0.1, -0.05) is 49.7 Å². The third-order valence-electron chi connectivity index (χ3n) is 5.61. The smallest absolute Gasteiger partial charge is 0.225 e. The van der Waals surface area contributed by atoms with E-state index in [4.69, 9.17) is 0 Å². The van der Waals surface area contributed by atoms with Crippen molar-refractivity contribution in [3.63, 3.8) is 0 Å². The molecular formula is C24H30N2O2. The molecule has 0 saturated heterocycles. The Morgan fingerprint density at radius 2 is 1.86 bits per heavy atom. The van der Waals surface area contributed by atoms with Gasteiger partial charge in [-0.2, -0.15) is 0 Å². The molecule has 3 rings (SSSR count). The van der Waals surface area contributed by atoms with Gasteiger partial charge in [-0.25, -0.2) is 0 Å². The van der Waals surface area contributed by atoms with Crippen LogP contribution in [0.2, 0.25) is 0 Å². The second-order valence-electron chi connectivity index (χ2n) is 7.84. The Balaban J connectivity index is 1.59. The lowest BCUT2D eigenvalue weighted by Crippen LogP contribution is -2.38. The molecule has 28 heavy (non-hydrogen) atoms. The van der Waals surface area contributed by atoms with Gasteiger partial charge in [0.2, 0.25) is 11.8 Å². The molecule has 1 heterocycles. The van der Waals surface area contributed by atoms with E-state index in [9.17, 15) is 9.59 Å². The largest absolute Gasteiger partial charge is 0.338 e. The number of carbonyl (C=O) groups excluding carboxylic acids is 2. The SMILES string of the molecule is CC[C@@H](C)C(=O)N1CCc2ccc(NC(=O)CCc3ccc(C)cc3)cc2C1. The highest BCUT2D eigenvalue weighted by atomic mass is 16.2. The maximum absolute atomic E-state index is 12.5. The molecule has 1 atom stereocenters. The van der Waals surface area contributed by atoms with Crippen LogP contribution < -0.4 is 5.32 Å². The number of nitrogens with one attached hydrogen (secondary N) is 1. The first-order chi connectivity index (χ1) is 13.5. The molecule has 2 aromatic carbocycles. The van der Waals surface area contributed by atoms with E-state index in [2.05, 4.69) is 42.6 Å². The molecule has 1 aliphatic heterocycles. The molecule has 0 aliphatic carbocycles. The molecule has 4 nitrogen and oxygen atoms in total. The van der Waals surface area contributed by atoms with Crippen molar-refractivity contribution in [3.05, 3.63) is 64.7 Å². The third-order valence-corrected chi connectivity index (χ3v) is 5.61. The number of fused-ring (bicyclic) bond motifs is 1. The number of hydrogen-bond donors (Lipinski definition) is 1. The van der Waals surface area contributed by atoms with Gasteiger partial charge in [0.25, 0.3) is 0 Å². The van der Waals surface area contributed by atoms with Crippen molar-refractivity contribution in [2.75, 3.05) is 11.9 Å². The van der Waals surface area contributed by atoms with Crippen LogP contribution in [0.3, 0.4) is 0 Å². The Morgan fingerprint density at radius 3 is 2.57 bits per heavy atom. The van der Waals surface area contributed by atoms with E-state index in [0.717, 1.165) is 37.1 Å². The van der Waals surface area contributed by atoms with Gasteiger partial charge >= 0.3 is 0 Å². The predicted molar refractivity (Wildman–Crippen MR) is 113 cm³/mol. The number of hydrogen-bond acceptors (Lipinski definition) is 2. The predicted octanol–water partition coefficient (Wildman–Crippen LogP) is 4.50. The zero-order chi connectivity index (χ0) is 20.1. The Hall–Kier alpha value is -2.62. The summed E-state index contributed by atoms with van der Waals surface area (Å²) in [5, 5.41) is 3.01. The first-order valence-electron chi connectivity index (χ1n) is 10.2. The van der Waals surface area contributed by atoms with Crippen molar-refractivity contribution in [3.8, 4) is 0 Å². The number of nitrogens with zero attached hydrogens (tertiary/aromatic N) is 1. The van der Waals surface area contributed by atoms with E-state index in [1.54, 1.807) is 0 Å². The lowest BCUT2D eigenvalue weighted by atomic mass is 9.97. The van der Waals surface area contributed by atoms with Crippen LogP contribution in [-0.2, 0) is 29.0 Å². The Morgan fingerprint density at radius 1 is 1.11 bits per heavy atom. The van der Waals surface area contributed by atoms with Crippen LogP contribution in [0.25, 0.3) is 0 Å². The highest BCUT2D eigenvalue weighted by molar-refractivity contribution is 5.91. The quantitative estimate of drug-likeness (QED) is 0.805. The van der Waals surface area contributed by atoms with Gasteiger partial charge in [0.05, 0.1) is 0 Å². The van der Waals surface area contributed by atoms with Crippen molar-refractivity contribution in [1.29, 1.82) is 0 Å². The van der Waals surface area contributed by atoms with Crippen LogP contribution in [0, 0.1) is 12.8 Å². The van der Waals surface area contributed by atoms with Gasteiger partial charge in [0, 0.05) is 31.1 Å². The van der Waals surface area contributed by atoms with E-state index in [0.29, 0.717) is 13.0 Å². The Bertz CT molecular complexity index is 842. The lowest BCUT2D eigenvalue weighted by molar-refractivity contribution is -0.136. The van der Waals surface area contributed by atoms with Crippen LogP contribution in [0.4, 0.5) is 5.69 Å². The summed E-state index contributed by atoms with van der Waals surface area (Å²) in [7, 11) is 0. The molecule has 4 heteroatoms. The average Bonchev–Trinajstić information content (AvgIpc) is 2.71. The minimum absolute atomic E-state index is 0.0175. The van der Waals surface area contributed by atoms with E-state index >= 15 is 0 Å². The summed E-state index contributed by atoms with van der Waals surface area (Å²) in [6, 6.07) is 14.4. The molecule has 0 spiro atoms. The minimum Gasteiger partial charge on any atom is -0.338 e. The topological polar surface area (TPSA) is 49.4 Å². The number of benzene rings is 2. The summed E-state index contributed by atoms with van der Waals surface area (Å²) in [5.74, 6) is 0.302. The van der Waals surface area contributed by atoms with Gasteiger partial charge in [0.15, 0.2) is 0 Å². The van der Waals surface area contributed by atoms with E-state index in [1.807, 2.05) is 30.9 Å². The average molecular weight is 379 g/mol. The lowest BCUT2D eigenvalue weighted by Gasteiger charge is -2.31. The molecule has 0 aromatic heterocycles. The molecule has 0 bridgehead atoms.